The number of rotatable bonds is 9. The highest BCUT2D eigenvalue weighted by atomic mass is 16.5. The summed E-state index contributed by atoms with van der Waals surface area (Å²) in [4.78, 5) is 31.0. The van der Waals surface area contributed by atoms with Crippen molar-refractivity contribution >= 4 is 11.8 Å². The molecule has 2 aromatic rings. The van der Waals surface area contributed by atoms with E-state index in [1.54, 1.807) is 12.4 Å². The molecule has 2 N–H and O–H groups in total. The molecule has 1 saturated heterocycles. The lowest BCUT2D eigenvalue weighted by atomic mass is 10.1. The average Bonchev–Trinajstić information content (AvgIpc) is 2.73. The zero-order valence-corrected chi connectivity index (χ0v) is 16.8. The predicted molar refractivity (Wildman–Crippen MR) is 110 cm³/mol. The van der Waals surface area contributed by atoms with E-state index in [0.29, 0.717) is 39.2 Å². The van der Waals surface area contributed by atoms with Crippen molar-refractivity contribution in [2.75, 3.05) is 26.2 Å². The second kappa shape index (κ2) is 10.6. The van der Waals surface area contributed by atoms with E-state index in [2.05, 4.69) is 20.5 Å². The first-order chi connectivity index (χ1) is 14.2. The molecule has 7 nitrogen and oxygen atoms in total. The molecule has 0 bridgehead atoms. The van der Waals surface area contributed by atoms with Gasteiger partial charge in [0, 0.05) is 38.6 Å². The number of aromatic nitrogens is 1. The minimum Gasteiger partial charge on any atom is -0.494 e. The third kappa shape index (κ3) is 6.29. The minimum absolute atomic E-state index is 0.0930. The largest absolute Gasteiger partial charge is 0.494 e. The number of hydrogen-bond donors (Lipinski definition) is 2. The van der Waals surface area contributed by atoms with Gasteiger partial charge >= 0.3 is 0 Å². The van der Waals surface area contributed by atoms with Gasteiger partial charge in [0.2, 0.25) is 11.8 Å². The summed E-state index contributed by atoms with van der Waals surface area (Å²) in [6.45, 7) is 5.03. The van der Waals surface area contributed by atoms with Gasteiger partial charge in [-0.05, 0) is 42.7 Å². The molecule has 3 rings (SSSR count). The Morgan fingerprint density at radius 1 is 1.28 bits per heavy atom. The number of nitrogens with zero attached hydrogens (tertiary/aromatic N) is 2. The first-order valence-electron chi connectivity index (χ1n) is 10.0. The third-order valence-corrected chi connectivity index (χ3v) is 4.90. The zero-order valence-electron chi connectivity index (χ0n) is 16.8. The fourth-order valence-electron chi connectivity index (χ4n) is 3.41. The van der Waals surface area contributed by atoms with Crippen LogP contribution in [0.2, 0.25) is 0 Å². The minimum atomic E-state index is -0.464. The number of pyridine rings is 1. The average molecular weight is 396 g/mol. The first kappa shape index (κ1) is 20.8. The van der Waals surface area contributed by atoms with Crippen LogP contribution in [0.25, 0.3) is 0 Å². The molecule has 0 radical (unpaired) electrons. The molecule has 1 unspecified atom stereocenters. The summed E-state index contributed by atoms with van der Waals surface area (Å²) in [5.74, 6) is 0.620. The van der Waals surface area contributed by atoms with Crippen LogP contribution >= 0.6 is 0 Å². The van der Waals surface area contributed by atoms with E-state index < -0.39 is 6.04 Å². The van der Waals surface area contributed by atoms with E-state index in [9.17, 15) is 9.59 Å². The molecule has 1 aliphatic heterocycles. The molecule has 1 aromatic carbocycles. The Morgan fingerprint density at radius 3 is 2.83 bits per heavy atom. The molecule has 0 aliphatic carbocycles. The normalized spacial score (nSPS) is 16.9. The van der Waals surface area contributed by atoms with Crippen LogP contribution in [0.15, 0.2) is 48.8 Å². The topological polar surface area (TPSA) is 83.6 Å². The summed E-state index contributed by atoms with van der Waals surface area (Å²) in [6.07, 6.45) is 4.38. The molecule has 1 fully saturated rings. The highest BCUT2D eigenvalue weighted by molar-refractivity contribution is 5.88. The van der Waals surface area contributed by atoms with Crippen molar-refractivity contribution in [2.24, 2.45) is 0 Å². The van der Waals surface area contributed by atoms with Crippen molar-refractivity contribution in [3.05, 3.63) is 59.9 Å². The lowest BCUT2D eigenvalue weighted by Crippen LogP contribution is -2.56. The van der Waals surface area contributed by atoms with Crippen LogP contribution in [-0.4, -0.2) is 54.0 Å². The summed E-state index contributed by atoms with van der Waals surface area (Å²) in [5, 5.41) is 5.79. The summed E-state index contributed by atoms with van der Waals surface area (Å²) >= 11 is 0. The number of benzene rings is 1. The van der Waals surface area contributed by atoms with Gasteiger partial charge in [-0.1, -0.05) is 18.2 Å². The zero-order chi connectivity index (χ0) is 20.5. The van der Waals surface area contributed by atoms with Gasteiger partial charge in [-0.25, -0.2) is 0 Å². The van der Waals surface area contributed by atoms with Crippen molar-refractivity contribution in [1.29, 1.82) is 0 Å². The van der Waals surface area contributed by atoms with Gasteiger partial charge in [0.15, 0.2) is 0 Å². The van der Waals surface area contributed by atoms with Crippen LogP contribution in [0, 0.1) is 0 Å². The second-order valence-corrected chi connectivity index (χ2v) is 7.02. The fraction of sp³-hybridized carbons (Fsp3) is 0.409. The van der Waals surface area contributed by atoms with E-state index in [4.69, 9.17) is 4.74 Å². The fourth-order valence-corrected chi connectivity index (χ4v) is 3.41. The number of amides is 2. The highest BCUT2D eigenvalue weighted by Gasteiger charge is 2.31. The number of ether oxygens (including phenoxy) is 1. The van der Waals surface area contributed by atoms with E-state index in [1.165, 1.54) is 0 Å². The van der Waals surface area contributed by atoms with Crippen LogP contribution in [0.5, 0.6) is 5.75 Å². The predicted octanol–water partition coefficient (Wildman–Crippen LogP) is 1.53. The van der Waals surface area contributed by atoms with Crippen LogP contribution < -0.4 is 15.4 Å². The Morgan fingerprint density at radius 2 is 2.10 bits per heavy atom. The monoisotopic (exact) mass is 396 g/mol. The van der Waals surface area contributed by atoms with E-state index in [1.807, 2.05) is 43.3 Å². The molecule has 154 valence electrons. The first-order valence-corrected chi connectivity index (χ1v) is 10.0. The highest BCUT2D eigenvalue weighted by Crippen LogP contribution is 2.17. The second-order valence-electron chi connectivity index (χ2n) is 7.02. The summed E-state index contributed by atoms with van der Waals surface area (Å²) in [6, 6.07) is 11.3. The maximum atomic E-state index is 12.4. The lowest BCUT2D eigenvalue weighted by molar-refractivity contribution is -0.134. The SMILES string of the molecule is CCOc1ccc(CN2CCNC(=O)C2CC(=O)NCCc2cccnc2)cc1. The Balaban J connectivity index is 1.53. The number of carbonyl (C=O) groups excluding carboxylic acids is 2. The molecule has 29 heavy (non-hydrogen) atoms. The maximum Gasteiger partial charge on any atom is 0.237 e. The number of hydrogen-bond acceptors (Lipinski definition) is 5. The van der Waals surface area contributed by atoms with Gasteiger partial charge < -0.3 is 15.4 Å². The van der Waals surface area contributed by atoms with Gasteiger partial charge in [-0.3, -0.25) is 19.5 Å². The molecular weight excluding hydrogens is 368 g/mol. The van der Waals surface area contributed by atoms with Crippen molar-refractivity contribution in [1.82, 2.24) is 20.5 Å². The molecule has 0 spiro atoms. The summed E-state index contributed by atoms with van der Waals surface area (Å²) in [5.41, 5.74) is 2.16. The van der Waals surface area contributed by atoms with Crippen molar-refractivity contribution in [3.63, 3.8) is 0 Å². The smallest absolute Gasteiger partial charge is 0.237 e. The Kier molecular flexibility index (Phi) is 7.58. The third-order valence-electron chi connectivity index (χ3n) is 4.90. The van der Waals surface area contributed by atoms with Crippen molar-refractivity contribution in [3.8, 4) is 5.75 Å². The molecule has 2 amide bonds. The molecule has 1 atom stereocenters. The lowest BCUT2D eigenvalue weighted by Gasteiger charge is -2.34. The van der Waals surface area contributed by atoms with Crippen LogP contribution in [0.1, 0.15) is 24.5 Å². The van der Waals surface area contributed by atoms with Crippen molar-refractivity contribution in [2.45, 2.75) is 32.4 Å². The number of piperazine rings is 1. The van der Waals surface area contributed by atoms with Gasteiger partial charge in [0.25, 0.3) is 0 Å². The number of nitrogens with one attached hydrogen (secondary N) is 2. The Bertz CT molecular complexity index is 795. The van der Waals surface area contributed by atoms with Crippen LogP contribution in [0.3, 0.4) is 0 Å². The Labute approximate surface area is 171 Å². The molecular formula is C22H28N4O3. The van der Waals surface area contributed by atoms with Gasteiger partial charge in [0.1, 0.15) is 5.75 Å². The number of carbonyl (C=O) groups is 2. The van der Waals surface area contributed by atoms with Crippen LogP contribution in [-0.2, 0) is 22.6 Å². The molecule has 1 aromatic heterocycles. The summed E-state index contributed by atoms with van der Waals surface area (Å²) in [7, 11) is 0. The van der Waals surface area contributed by atoms with Crippen molar-refractivity contribution < 1.29 is 14.3 Å². The van der Waals surface area contributed by atoms with Crippen LogP contribution in [0.4, 0.5) is 0 Å². The van der Waals surface area contributed by atoms with E-state index >= 15 is 0 Å². The van der Waals surface area contributed by atoms with E-state index in [-0.39, 0.29) is 18.2 Å². The Hall–Kier alpha value is -2.93. The van der Waals surface area contributed by atoms with E-state index in [0.717, 1.165) is 16.9 Å². The molecule has 2 heterocycles. The van der Waals surface area contributed by atoms with Gasteiger partial charge in [0.05, 0.1) is 19.1 Å². The van der Waals surface area contributed by atoms with Gasteiger partial charge in [-0.2, -0.15) is 0 Å². The molecule has 0 saturated carbocycles. The molecule has 7 heteroatoms. The quantitative estimate of drug-likeness (QED) is 0.672. The standard InChI is InChI=1S/C22H28N4O3/c1-2-29-19-7-5-18(6-8-19)16-26-13-12-25-22(28)20(26)14-21(27)24-11-9-17-4-3-10-23-15-17/h3-8,10,15,20H,2,9,11-14,16H2,1H3,(H,24,27)(H,25,28). The maximum absolute atomic E-state index is 12.4. The van der Waals surface area contributed by atoms with Gasteiger partial charge in [-0.15, -0.1) is 0 Å². The summed E-state index contributed by atoms with van der Waals surface area (Å²) < 4.78 is 5.48. The molecule has 1 aliphatic rings.